The molecule has 0 aliphatic carbocycles. The van der Waals surface area contributed by atoms with Crippen LogP contribution in [-0.4, -0.2) is 57.3 Å². The molecule has 2 fully saturated rings. The summed E-state index contributed by atoms with van der Waals surface area (Å²) in [6, 6.07) is 1.70. The van der Waals surface area contributed by atoms with Gasteiger partial charge < -0.3 is 4.90 Å². The number of nitrogens with zero attached hydrogens (tertiary/aromatic N) is 5. The maximum atomic E-state index is 12.2. The van der Waals surface area contributed by atoms with E-state index < -0.39 is 0 Å². The van der Waals surface area contributed by atoms with Gasteiger partial charge in [0.1, 0.15) is 0 Å². The molecule has 4 rings (SSSR count). The third kappa shape index (κ3) is 4.72. The number of H-pyrrole nitrogens is 1. The topological polar surface area (TPSA) is 78.0 Å². The number of aromatic amines is 1. The van der Waals surface area contributed by atoms with Gasteiger partial charge in [0, 0.05) is 49.6 Å². The average Bonchev–Trinajstić information content (AvgIpc) is 2.75. The van der Waals surface area contributed by atoms with Crippen LogP contribution in [0.3, 0.4) is 0 Å². The number of hydrogen-bond donors (Lipinski definition) is 1. The number of piperidine rings is 2. The van der Waals surface area contributed by atoms with E-state index in [2.05, 4.69) is 24.8 Å². The molecule has 0 radical (unpaired) electrons. The molecule has 0 aromatic carbocycles. The van der Waals surface area contributed by atoms with Gasteiger partial charge in [-0.3, -0.25) is 14.7 Å². The van der Waals surface area contributed by atoms with Crippen molar-refractivity contribution >= 4 is 17.7 Å². The van der Waals surface area contributed by atoms with E-state index in [9.17, 15) is 4.79 Å². The molecule has 1 N–H and O–H groups in total. The fourth-order valence-electron chi connectivity index (χ4n) is 4.10. The minimum atomic E-state index is -0.0287. The lowest BCUT2D eigenvalue weighted by molar-refractivity contribution is 0.202. The smallest absolute Gasteiger partial charge is 0.252 e. The van der Waals surface area contributed by atoms with Crippen LogP contribution in [-0.2, 0) is 6.54 Å². The minimum absolute atomic E-state index is 0.0287. The van der Waals surface area contributed by atoms with Gasteiger partial charge in [0.2, 0.25) is 5.95 Å². The van der Waals surface area contributed by atoms with Crippen LogP contribution < -0.4 is 10.5 Å². The van der Waals surface area contributed by atoms with Gasteiger partial charge >= 0.3 is 0 Å². The molecule has 2 aromatic heterocycles. The van der Waals surface area contributed by atoms with E-state index in [4.69, 9.17) is 4.98 Å². The Morgan fingerprint density at radius 2 is 1.82 bits per heavy atom. The molecule has 2 saturated heterocycles. The molecule has 7 nitrogen and oxygen atoms in total. The molecule has 2 aromatic rings. The van der Waals surface area contributed by atoms with Crippen molar-refractivity contribution in [1.29, 1.82) is 0 Å². The van der Waals surface area contributed by atoms with Crippen LogP contribution in [0.2, 0.25) is 0 Å². The minimum Gasteiger partial charge on any atom is -0.342 e. The van der Waals surface area contributed by atoms with Crippen molar-refractivity contribution in [3.05, 3.63) is 40.1 Å². The summed E-state index contributed by atoms with van der Waals surface area (Å²) in [6.45, 7) is 4.86. The maximum Gasteiger partial charge on any atom is 0.252 e. The molecule has 0 bridgehead atoms. The Kier molecular flexibility index (Phi) is 6.26. The summed E-state index contributed by atoms with van der Waals surface area (Å²) in [7, 11) is 0. The first-order chi connectivity index (χ1) is 13.7. The number of hydrogen-bond acceptors (Lipinski definition) is 7. The lowest BCUT2D eigenvalue weighted by atomic mass is 9.93. The Morgan fingerprint density at radius 3 is 2.50 bits per heavy atom. The number of anilines is 1. The number of likely N-dealkylation sites (tertiary alicyclic amines) is 1. The zero-order valence-electron chi connectivity index (χ0n) is 16.4. The molecule has 150 valence electrons. The van der Waals surface area contributed by atoms with E-state index in [-0.39, 0.29) is 5.56 Å². The number of rotatable bonds is 5. The van der Waals surface area contributed by atoms with Crippen molar-refractivity contribution in [3.63, 3.8) is 0 Å². The highest BCUT2D eigenvalue weighted by atomic mass is 32.2. The second-order valence-electron chi connectivity index (χ2n) is 7.67. The SMILES string of the molecule is CSc1ncc(CN2CCC(c3cc(=O)[nH]c(N4CCCCC4)n3)CC2)cn1. The molecule has 0 saturated carbocycles. The highest BCUT2D eigenvalue weighted by molar-refractivity contribution is 7.98. The molecule has 2 aliphatic rings. The monoisotopic (exact) mass is 400 g/mol. The summed E-state index contributed by atoms with van der Waals surface area (Å²) in [4.78, 5) is 33.4. The molecular formula is C20H28N6OS. The fraction of sp³-hybridized carbons (Fsp3) is 0.600. The Bertz CT molecular complexity index is 825. The van der Waals surface area contributed by atoms with Crippen LogP contribution in [0.4, 0.5) is 5.95 Å². The van der Waals surface area contributed by atoms with Gasteiger partial charge in [0.05, 0.1) is 5.69 Å². The summed E-state index contributed by atoms with van der Waals surface area (Å²) < 4.78 is 0. The van der Waals surface area contributed by atoms with Crippen LogP contribution in [0.25, 0.3) is 0 Å². The van der Waals surface area contributed by atoms with Crippen molar-refractivity contribution < 1.29 is 0 Å². The fourth-order valence-corrected chi connectivity index (χ4v) is 4.42. The lowest BCUT2D eigenvalue weighted by Gasteiger charge is -2.32. The molecule has 8 heteroatoms. The van der Waals surface area contributed by atoms with E-state index in [1.807, 2.05) is 18.6 Å². The second-order valence-corrected chi connectivity index (χ2v) is 8.44. The highest BCUT2D eigenvalue weighted by Gasteiger charge is 2.23. The van der Waals surface area contributed by atoms with Crippen LogP contribution in [0.1, 0.15) is 49.3 Å². The quantitative estimate of drug-likeness (QED) is 0.611. The van der Waals surface area contributed by atoms with Crippen molar-refractivity contribution in [2.24, 2.45) is 0 Å². The first-order valence-corrected chi connectivity index (χ1v) is 11.4. The summed E-state index contributed by atoms with van der Waals surface area (Å²) in [5.41, 5.74) is 2.08. The molecule has 4 heterocycles. The Balaban J connectivity index is 1.37. The third-order valence-electron chi connectivity index (χ3n) is 5.68. The summed E-state index contributed by atoms with van der Waals surface area (Å²) in [6.07, 6.45) is 11.5. The van der Waals surface area contributed by atoms with Gasteiger partial charge in [-0.2, -0.15) is 0 Å². The number of thioether (sulfide) groups is 1. The highest BCUT2D eigenvalue weighted by Crippen LogP contribution is 2.28. The predicted octanol–water partition coefficient (Wildman–Crippen LogP) is 2.65. The Hall–Kier alpha value is -1.93. The van der Waals surface area contributed by atoms with Crippen LogP contribution in [0.5, 0.6) is 0 Å². The number of nitrogens with one attached hydrogen (secondary N) is 1. The van der Waals surface area contributed by atoms with Gasteiger partial charge in [-0.1, -0.05) is 11.8 Å². The predicted molar refractivity (Wildman–Crippen MR) is 112 cm³/mol. The molecule has 28 heavy (non-hydrogen) atoms. The molecule has 0 atom stereocenters. The van der Waals surface area contributed by atoms with Crippen LogP contribution in [0.15, 0.2) is 28.4 Å². The third-order valence-corrected chi connectivity index (χ3v) is 6.26. The van der Waals surface area contributed by atoms with E-state index in [1.165, 1.54) is 19.3 Å². The largest absolute Gasteiger partial charge is 0.342 e. The van der Waals surface area contributed by atoms with Crippen LogP contribution in [0, 0.1) is 0 Å². The molecule has 2 aliphatic heterocycles. The normalized spacial score (nSPS) is 19.1. The summed E-state index contributed by atoms with van der Waals surface area (Å²) in [5.74, 6) is 1.12. The van der Waals surface area contributed by atoms with E-state index in [0.29, 0.717) is 5.92 Å². The first kappa shape index (κ1) is 19.4. The van der Waals surface area contributed by atoms with E-state index >= 15 is 0 Å². The van der Waals surface area contributed by atoms with Gasteiger partial charge in [-0.15, -0.1) is 0 Å². The van der Waals surface area contributed by atoms with E-state index in [1.54, 1.807) is 17.8 Å². The Morgan fingerprint density at radius 1 is 1.11 bits per heavy atom. The van der Waals surface area contributed by atoms with Gasteiger partial charge in [0.15, 0.2) is 5.16 Å². The summed E-state index contributed by atoms with van der Waals surface area (Å²) in [5, 5.41) is 0.812. The molecule has 0 unspecified atom stereocenters. The Labute approximate surface area is 170 Å². The van der Waals surface area contributed by atoms with Crippen molar-refractivity contribution in [1.82, 2.24) is 24.8 Å². The zero-order chi connectivity index (χ0) is 19.3. The number of aromatic nitrogens is 4. The molecule has 0 spiro atoms. The zero-order valence-corrected chi connectivity index (χ0v) is 17.2. The molecular weight excluding hydrogens is 372 g/mol. The second kappa shape index (κ2) is 9.05. The van der Waals surface area contributed by atoms with Gasteiger partial charge in [-0.25, -0.2) is 15.0 Å². The standard InChI is InChI=1S/C20H28N6OS/c1-28-20-21-12-15(13-22-20)14-25-9-5-16(6-10-25)17-11-18(27)24-19(23-17)26-7-3-2-4-8-26/h11-13,16H,2-10,14H2,1H3,(H,23,24,27). The maximum absolute atomic E-state index is 12.2. The van der Waals surface area contributed by atoms with Crippen molar-refractivity contribution in [3.8, 4) is 0 Å². The van der Waals surface area contributed by atoms with E-state index in [0.717, 1.165) is 67.9 Å². The molecule has 0 amide bonds. The van der Waals surface area contributed by atoms with Crippen LogP contribution >= 0.6 is 11.8 Å². The van der Waals surface area contributed by atoms with Gasteiger partial charge in [-0.05, 0) is 51.4 Å². The summed E-state index contributed by atoms with van der Waals surface area (Å²) >= 11 is 1.56. The average molecular weight is 401 g/mol. The lowest BCUT2D eigenvalue weighted by Crippen LogP contribution is -2.35. The van der Waals surface area contributed by atoms with Gasteiger partial charge in [0.25, 0.3) is 5.56 Å². The van der Waals surface area contributed by atoms with Crippen molar-refractivity contribution in [2.75, 3.05) is 37.3 Å². The first-order valence-electron chi connectivity index (χ1n) is 10.1. The van der Waals surface area contributed by atoms with Crippen molar-refractivity contribution in [2.45, 2.75) is 49.7 Å².